The number of amides is 1. The number of carbonyl (C=O) groups is 1. The Labute approximate surface area is 160 Å². The molecule has 2 heterocycles. The Balaban J connectivity index is 1.55. The van der Waals surface area contributed by atoms with Gasteiger partial charge >= 0.3 is 0 Å². The van der Waals surface area contributed by atoms with Gasteiger partial charge in [-0.3, -0.25) is 4.79 Å². The lowest BCUT2D eigenvalue weighted by molar-refractivity contribution is 0.0713. The maximum atomic E-state index is 12.6. The summed E-state index contributed by atoms with van der Waals surface area (Å²) >= 11 is 0. The largest absolute Gasteiger partial charge is 0.390 e. The van der Waals surface area contributed by atoms with E-state index in [-0.39, 0.29) is 11.9 Å². The van der Waals surface area contributed by atoms with E-state index in [9.17, 15) is 9.90 Å². The van der Waals surface area contributed by atoms with E-state index in [0.29, 0.717) is 17.9 Å². The number of rotatable bonds is 6. The van der Waals surface area contributed by atoms with Gasteiger partial charge in [0.2, 0.25) is 5.95 Å². The molecule has 1 aromatic heterocycles. The molecule has 3 rings (SSSR count). The summed E-state index contributed by atoms with van der Waals surface area (Å²) in [6.07, 6.45) is 6.92. The number of aromatic nitrogens is 2. The van der Waals surface area contributed by atoms with Crippen LogP contribution < -0.4 is 10.2 Å². The first kappa shape index (κ1) is 19.3. The van der Waals surface area contributed by atoms with Crippen LogP contribution in [-0.2, 0) is 6.42 Å². The monoisotopic (exact) mass is 368 g/mol. The average molecular weight is 368 g/mol. The predicted octanol–water partition coefficient (Wildman–Crippen LogP) is 2.58. The fourth-order valence-corrected chi connectivity index (χ4v) is 3.27. The van der Waals surface area contributed by atoms with Gasteiger partial charge in [-0.1, -0.05) is 12.1 Å². The van der Waals surface area contributed by atoms with Crippen LogP contribution in [-0.4, -0.2) is 45.7 Å². The molecule has 144 valence electrons. The third-order valence-corrected chi connectivity index (χ3v) is 4.83. The average Bonchev–Trinajstić information content (AvgIpc) is 2.67. The zero-order chi connectivity index (χ0) is 19.3. The van der Waals surface area contributed by atoms with Crippen molar-refractivity contribution < 1.29 is 9.90 Å². The molecule has 0 unspecified atom stereocenters. The van der Waals surface area contributed by atoms with Crippen molar-refractivity contribution in [3.05, 3.63) is 53.9 Å². The van der Waals surface area contributed by atoms with Crippen molar-refractivity contribution in [3.8, 4) is 0 Å². The van der Waals surface area contributed by atoms with E-state index in [1.54, 1.807) is 18.5 Å². The van der Waals surface area contributed by atoms with Gasteiger partial charge in [0, 0.05) is 37.1 Å². The third-order valence-electron chi connectivity index (χ3n) is 4.83. The molecule has 6 nitrogen and oxygen atoms in total. The molecule has 1 aliphatic heterocycles. The number of carbonyl (C=O) groups excluding carboxylic acids is 1. The fraction of sp³-hybridized carbons (Fsp3) is 0.476. The Kier molecular flexibility index (Phi) is 6.06. The summed E-state index contributed by atoms with van der Waals surface area (Å²) in [5.41, 5.74) is 1.11. The first-order valence-electron chi connectivity index (χ1n) is 9.55. The van der Waals surface area contributed by atoms with Gasteiger partial charge in [0.05, 0.1) is 5.60 Å². The Bertz CT molecular complexity index is 741. The topological polar surface area (TPSA) is 78.4 Å². The van der Waals surface area contributed by atoms with Gasteiger partial charge in [-0.25, -0.2) is 9.97 Å². The molecular weight excluding hydrogens is 340 g/mol. The van der Waals surface area contributed by atoms with Gasteiger partial charge in [-0.15, -0.1) is 0 Å². The summed E-state index contributed by atoms with van der Waals surface area (Å²) in [6, 6.07) is 9.53. The lowest BCUT2D eigenvalue weighted by Crippen LogP contribution is -2.48. The second-order valence-corrected chi connectivity index (χ2v) is 7.82. The van der Waals surface area contributed by atoms with Crippen molar-refractivity contribution in [1.82, 2.24) is 15.3 Å². The summed E-state index contributed by atoms with van der Waals surface area (Å²) in [5.74, 6) is 0.664. The number of aliphatic hydroxyl groups is 1. The fourth-order valence-electron chi connectivity index (χ4n) is 3.27. The highest BCUT2D eigenvalue weighted by Gasteiger charge is 2.23. The summed E-state index contributed by atoms with van der Waals surface area (Å²) in [4.78, 5) is 23.3. The normalized spacial score (nSPS) is 17.6. The molecule has 6 heteroatoms. The van der Waals surface area contributed by atoms with Crippen LogP contribution in [0, 0.1) is 0 Å². The molecule has 2 aromatic rings. The molecule has 27 heavy (non-hydrogen) atoms. The van der Waals surface area contributed by atoms with Crippen molar-refractivity contribution in [2.45, 2.75) is 51.2 Å². The summed E-state index contributed by atoms with van der Waals surface area (Å²) in [7, 11) is 0. The standard InChI is InChI=1S/C21H28N4O2/c1-21(2,27)11-10-16-6-8-17(9-7-16)19(26)24-18-5-3-14-25(15-18)20-22-12-4-13-23-20/h4,6-9,12-13,18,27H,3,5,10-11,14-15H2,1-2H3,(H,24,26)/t18-/m0/s1. The molecule has 1 fully saturated rings. The quantitative estimate of drug-likeness (QED) is 0.819. The number of hydrogen-bond acceptors (Lipinski definition) is 5. The smallest absolute Gasteiger partial charge is 0.251 e. The van der Waals surface area contributed by atoms with E-state index < -0.39 is 5.60 Å². The molecule has 1 aromatic carbocycles. The van der Waals surface area contributed by atoms with Crippen molar-refractivity contribution in [3.63, 3.8) is 0 Å². The lowest BCUT2D eigenvalue weighted by Gasteiger charge is -2.33. The van der Waals surface area contributed by atoms with Crippen LogP contribution in [0.3, 0.4) is 0 Å². The maximum absolute atomic E-state index is 12.6. The number of anilines is 1. The van der Waals surface area contributed by atoms with Gasteiger partial charge in [0.25, 0.3) is 5.91 Å². The van der Waals surface area contributed by atoms with E-state index >= 15 is 0 Å². The number of aryl methyl sites for hydroxylation is 1. The highest BCUT2D eigenvalue weighted by molar-refractivity contribution is 5.94. The van der Waals surface area contributed by atoms with Crippen molar-refractivity contribution in [2.24, 2.45) is 0 Å². The van der Waals surface area contributed by atoms with Crippen LogP contribution in [0.4, 0.5) is 5.95 Å². The van der Waals surface area contributed by atoms with Crippen molar-refractivity contribution in [2.75, 3.05) is 18.0 Å². The second kappa shape index (κ2) is 8.48. The number of nitrogens with one attached hydrogen (secondary N) is 1. The molecule has 0 bridgehead atoms. The Morgan fingerprint density at radius 1 is 1.26 bits per heavy atom. The molecule has 0 aliphatic carbocycles. The molecule has 1 amide bonds. The zero-order valence-corrected chi connectivity index (χ0v) is 16.1. The van der Waals surface area contributed by atoms with Crippen LogP contribution in [0.25, 0.3) is 0 Å². The van der Waals surface area contributed by atoms with Gasteiger partial charge < -0.3 is 15.3 Å². The number of piperidine rings is 1. The highest BCUT2D eigenvalue weighted by Crippen LogP contribution is 2.17. The Morgan fingerprint density at radius 3 is 2.63 bits per heavy atom. The van der Waals surface area contributed by atoms with E-state index in [2.05, 4.69) is 20.2 Å². The number of nitrogens with zero attached hydrogens (tertiary/aromatic N) is 3. The molecule has 1 atom stereocenters. The maximum Gasteiger partial charge on any atom is 0.251 e. The van der Waals surface area contributed by atoms with Gasteiger partial charge in [0.1, 0.15) is 0 Å². The minimum atomic E-state index is -0.675. The van der Waals surface area contributed by atoms with Gasteiger partial charge in [-0.2, -0.15) is 0 Å². The first-order chi connectivity index (χ1) is 12.9. The first-order valence-corrected chi connectivity index (χ1v) is 9.55. The molecule has 0 radical (unpaired) electrons. The summed E-state index contributed by atoms with van der Waals surface area (Å²) < 4.78 is 0. The summed E-state index contributed by atoms with van der Waals surface area (Å²) in [6.45, 7) is 5.25. The van der Waals surface area contributed by atoms with Crippen LogP contribution >= 0.6 is 0 Å². The molecular formula is C21H28N4O2. The molecule has 1 aliphatic rings. The van der Waals surface area contributed by atoms with Crippen molar-refractivity contribution in [1.29, 1.82) is 0 Å². The second-order valence-electron chi connectivity index (χ2n) is 7.82. The predicted molar refractivity (Wildman–Crippen MR) is 106 cm³/mol. The molecule has 1 saturated heterocycles. The van der Waals surface area contributed by atoms with E-state index in [1.807, 2.05) is 38.1 Å². The van der Waals surface area contributed by atoms with Crippen LogP contribution in [0.15, 0.2) is 42.7 Å². The molecule has 2 N–H and O–H groups in total. The van der Waals surface area contributed by atoms with Gasteiger partial charge in [0.15, 0.2) is 0 Å². The Hall–Kier alpha value is -2.47. The van der Waals surface area contributed by atoms with Crippen LogP contribution in [0.2, 0.25) is 0 Å². The highest BCUT2D eigenvalue weighted by atomic mass is 16.3. The number of hydrogen-bond donors (Lipinski definition) is 2. The van der Waals surface area contributed by atoms with Gasteiger partial charge in [-0.05, 0) is 63.3 Å². The van der Waals surface area contributed by atoms with E-state index in [1.165, 1.54) is 0 Å². The third kappa shape index (κ3) is 5.76. The van der Waals surface area contributed by atoms with E-state index in [0.717, 1.165) is 37.9 Å². The zero-order valence-electron chi connectivity index (χ0n) is 16.1. The minimum absolute atomic E-state index is 0.0510. The minimum Gasteiger partial charge on any atom is -0.390 e. The van der Waals surface area contributed by atoms with E-state index in [4.69, 9.17) is 0 Å². The molecule has 0 spiro atoms. The van der Waals surface area contributed by atoms with Crippen molar-refractivity contribution >= 4 is 11.9 Å². The Morgan fingerprint density at radius 2 is 1.96 bits per heavy atom. The number of benzene rings is 1. The SMILES string of the molecule is CC(C)(O)CCc1ccc(C(=O)N[C@H]2CCCN(c3ncccn3)C2)cc1. The molecule has 0 saturated carbocycles. The lowest BCUT2D eigenvalue weighted by atomic mass is 9.98. The van der Waals surface area contributed by atoms with Crippen LogP contribution in [0.5, 0.6) is 0 Å². The van der Waals surface area contributed by atoms with Crippen LogP contribution in [0.1, 0.15) is 49.0 Å². The summed E-state index contributed by atoms with van der Waals surface area (Å²) in [5, 5.41) is 13.0.